The Balaban J connectivity index is 1.54. The highest BCUT2D eigenvalue weighted by molar-refractivity contribution is 8.15. The van der Waals surface area contributed by atoms with Gasteiger partial charge < -0.3 is 9.84 Å². The first kappa shape index (κ1) is 17.5. The van der Waals surface area contributed by atoms with E-state index in [0.29, 0.717) is 17.2 Å². The Morgan fingerprint density at radius 2 is 1.80 bits per heavy atom. The van der Waals surface area contributed by atoms with Gasteiger partial charge in [0.15, 0.2) is 0 Å². The molecule has 130 valence electrons. The van der Waals surface area contributed by atoms with Gasteiger partial charge in [0.1, 0.15) is 18.5 Å². The van der Waals surface area contributed by atoms with Gasteiger partial charge in [-0.15, -0.1) is 0 Å². The number of hydrazine groups is 1. The summed E-state index contributed by atoms with van der Waals surface area (Å²) in [4.78, 5) is 23.2. The van der Waals surface area contributed by atoms with Crippen LogP contribution in [0.5, 0.6) is 5.75 Å². The third kappa shape index (κ3) is 4.19. The fraction of sp³-hybridized carbons (Fsp3) is 0.222. The van der Waals surface area contributed by atoms with E-state index in [9.17, 15) is 14.7 Å². The number of nitrogens with zero attached hydrogens (tertiary/aromatic N) is 1. The minimum absolute atomic E-state index is 0.150. The predicted molar refractivity (Wildman–Crippen MR) is 94.9 cm³/mol. The molecule has 2 atom stereocenters. The summed E-state index contributed by atoms with van der Waals surface area (Å²) in [5, 5.41) is 9.85. The van der Waals surface area contributed by atoms with Gasteiger partial charge in [0.05, 0.1) is 5.25 Å². The molecule has 1 heterocycles. The number of carbonyl (C=O) groups excluding carboxylic acids is 2. The first-order valence-electron chi connectivity index (χ1n) is 7.78. The molecular weight excluding hydrogens is 340 g/mol. The zero-order chi connectivity index (χ0) is 17.8. The number of aliphatic hydroxyl groups is 1. The predicted octanol–water partition coefficient (Wildman–Crippen LogP) is 2.28. The lowest BCUT2D eigenvalue weighted by Gasteiger charge is -2.13. The van der Waals surface area contributed by atoms with Crippen LogP contribution in [0.15, 0.2) is 54.6 Å². The average molecular weight is 358 g/mol. The maximum absolute atomic E-state index is 11.8. The fourth-order valence-electron chi connectivity index (χ4n) is 2.49. The van der Waals surface area contributed by atoms with E-state index >= 15 is 0 Å². The normalized spacial score (nSPS) is 18.5. The maximum atomic E-state index is 11.8. The van der Waals surface area contributed by atoms with Crippen LogP contribution in [-0.4, -0.2) is 33.1 Å². The van der Waals surface area contributed by atoms with Crippen molar-refractivity contribution >= 4 is 22.9 Å². The number of rotatable bonds is 6. The Bertz CT molecular complexity index is 751. The summed E-state index contributed by atoms with van der Waals surface area (Å²) in [6.45, 7) is 0.150. The van der Waals surface area contributed by atoms with Crippen molar-refractivity contribution in [1.82, 2.24) is 5.01 Å². The van der Waals surface area contributed by atoms with Crippen molar-refractivity contribution in [3.63, 3.8) is 0 Å². The third-order valence-corrected chi connectivity index (χ3v) is 4.94. The molecule has 0 aliphatic carbocycles. The van der Waals surface area contributed by atoms with E-state index in [1.54, 1.807) is 12.1 Å². The van der Waals surface area contributed by atoms with E-state index in [2.05, 4.69) is 0 Å². The number of imide groups is 1. The van der Waals surface area contributed by atoms with Crippen molar-refractivity contribution in [2.45, 2.75) is 17.8 Å². The topological polar surface area (TPSA) is 92.9 Å². The van der Waals surface area contributed by atoms with Crippen molar-refractivity contribution < 1.29 is 19.4 Å². The second-order valence-corrected chi connectivity index (χ2v) is 6.82. The average Bonchev–Trinajstić information content (AvgIpc) is 2.88. The van der Waals surface area contributed by atoms with Gasteiger partial charge in [0.2, 0.25) is 0 Å². The summed E-state index contributed by atoms with van der Waals surface area (Å²) in [5.74, 6) is 5.63. The molecule has 7 heteroatoms. The van der Waals surface area contributed by atoms with Crippen LogP contribution in [0.1, 0.15) is 17.2 Å². The molecule has 1 aliphatic rings. The molecule has 0 spiro atoms. The quantitative estimate of drug-likeness (QED) is 0.608. The van der Waals surface area contributed by atoms with Gasteiger partial charge in [-0.05, 0) is 41.4 Å². The Labute approximate surface area is 149 Å². The van der Waals surface area contributed by atoms with Crippen molar-refractivity contribution in [1.29, 1.82) is 0 Å². The lowest BCUT2D eigenvalue weighted by molar-refractivity contribution is -0.126. The monoisotopic (exact) mass is 358 g/mol. The Kier molecular flexibility index (Phi) is 5.37. The first-order valence-corrected chi connectivity index (χ1v) is 8.66. The molecule has 2 aromatic carbocycles. The van der Waals surface area contributed by atoms with Crippen LogP contribution < -0.4 is 10.6 Å². The molecule has 0 aromatic heterocycles. The number of hydrogen-bond acceptors (Lipinski definition) is 6. The lowest BCUT2D eigenvalue weighted by atomic mass is 10.1. The molecule has 0 saturated carbocycles. The smallest absolute Gasteiger partial charge is 0.303 e. The summed E-state index contributed by atoms with van der Waals surface area (Å²) >= 11 is 0.941. The first-order chi connectivity index (χ1) is 12.0. The van der Waals surface area contributed by atoms with Crippen molar-refractivity contribution in [2.75, 3.05) is 6.61 Å². The van der Waals surface area contributed by atoms with Gasteiger partial charge in [-0.3, -0.25) is 9.59 Å². The van der Waals surface area contributed by atoms with E-state index < -0.39 is 16.6 Å². The van der Waals surface area contributed by atoms with Crippen LogP contribution in [0, 0.1) is 0 Å². The second kappa shape index (κ2) is 7.69. The number of ether oxygens (including phenoxy) is 1. The Morgan fingerprint density at radius 1 is 1.12 bits per heavy atom. The van der Waals surface area contributed by atoms with Crippen LogP contribution in [0.25, 0.3) is 0 Å². The van der Waals surface area contributed by atoms with Gasteiger partial charge in [-0.2, -0.15) is 0 Å². The molecular formula is C18H18N2O4S. The van der Waals surface area contributed by atoms with Gasteiger partial charge in [-0.1, -0.05) is 42.5 Å². The van der Waals surface area contributed by atoms with Gasteiger partial charge in [0, 0.05) is 0 Å². The van der Waals surface area contributed by atoms with Gasteiger partial charge in [0.25, 0.3) is 5.91 Å². The molecule has 3 rings (SSSR count). The van der Waals surface area contributed by atoms with Crippen molar-refractivity contribution in [3.8, 4) is 5.75 Å². The molecule has 3 N–H and O–H groups in total. The van der Waals surface area contributed by atoms with Gasteiger partial charge in [-0.25, -0.2) is 10.9 Å². The number of amides is 2. The van der Waals surface area contributed by atoms with E-state index in [4.69, 9.17) is 10.6 Å². The molecule has 1 unspecified atom stereocenters. The largest absolute Gasteiger partial charge is 0.491 e. The molecule has 1 fully saturated rings. The minimum atomic E-state index is -0.699. The molecule has 0 bridgehead atoms. The van der Waals surface area contributed by atoms with E-state index in [1.807, 2.05) is 42.5 Å². The van der Waals surface area contributed by atoms with Crippen LogP contribution in [-0.2, 0) is 11.2 Å². The molecule has 25 heavy (non-hydrogen) atoms. The Morgan fingerprint density at radius 3 is 2.40 bits per heavy atom. The number of nitrogens with two attached hydrogens (primary N) is 1. The van der Waals surface area contributed by atoms with E-state index in [1.165, 1.54) is 0 Å². The number of carbonyl (C=O) groups is 2. The Hall–Kier alpha value is -2.35. The number of benzene rings is 2. The summed E-state index contributed by atoms with van der Waals surface area (Å²) in [7, 11) is 0. The lowest BCUT2D eigenvalue weighted by Crippen LogP contribution is -2.37. The van der Waals surface area contributed by atoms with Crippen molar-refractivity contribution in [3.05, 3.63) is 65.7 Å². The SMILES string of the molecule is NN1C(=O)SC(Cc2ccc(OC[C@@H](O)c3ccccc3)cc2)C1=O. The standard InChI is InChI=1S/C18H18N2O4S/c19-20-17(22)16(25-18(20)23)10-12-6-8-14(9-7-12)24-11-15(21)13-4-2-1-3-5-13/h1-9,15-16,21H,10-11,19H2/t15-,16?/m1/s1. The highest BCUT2D eigenvalue weighted by Gasteiger charge is 2.37. The summed E-state index contributed by atoms with van der Waals surface area (Å²) < 4.78 is 5.60. The molecule has 1 saturated heterocycles. The van der Waals surface area contributed by atoms with Gasteiger partial charge >= 0.3 is 5.24 Å². The second-order valence-electron chi connectivity index (χ2n) is 5.67. The van der Waals surface area contributed by atoms with Crippen molar-refractivity contribution in [2.24, 2.45) is 5.84 Å². The summed E-state index contributed by atoms with van der Waals surface area (Å²) in [5.41, 5.74) is 1.71. The summed E-state index contributed by atoms with van der Waals surface area (Å²) in [6.07, 6.45) is -0.273. The number of hydrogen-bond donors (Lipinski definition) is 2. The molecule has 2 amide bonds. The zero-order valence-electron chi connectivity index (χ0n) is 13.4. The number of thioether (sulfide) groups is 1. The molecule has 6 nitrogen and oxygen atoms in total. The molecule has 2 aromatic rings. The van der Waals surface area contributed by atoms with Crippen LogP contribution in [0.3, 0.4) is 0 Å². The molecule has 1 aliphatic heterocycles. The van der Waals surface area contributed by atoms with Crippen LogP contribution in [0.4, 0.5) is 4.79 Å². The maximum Gasteiger partial charge on any atom is 0.303 e. The highest BCUT2D eigenvalue weighted by atomic mass is 32.2. The van der Waals surface area contributed by atoms with Crippen LogP contribution >= 0.6 is 11.8 Å². The van der Waals surface area contributed by atoms with E-state index in [-0.39, 0.29) is 12.5 Å². The fourth-order valence-corrected chi connectivity index (χ4v) is 3.42. The van der Waals surface area contributed by atoms with Crippen LogP contribution in [0.2, 0.25) is 0 Å². The minimum Gasteiger partial charge on any atom is -0.491 e. The zero-order valence-corrected chi connectivity index (χ0v) is 14.2. The third-order valence-electron chi connectivity index (χ3n) is 3.89. The summed E-state index contributed by atoms with van der Waals surface area (Å²) in [6, 6.07) is 16.5. The number of aliphatic hydroxyl groups excluding tert-OH is 1. The highest BCUT2D eigenvalue weighted by Crippen LogP contribution is 2.28. The molecule has 0 radical (unpaired) electrons. The van der Waals surface area contributed by atoms with E-state index in [0.717, 1.165) is 22.9 Å².